The molecule has 4 heterocycles. The van der Waals surface area contributed by atoms with Gasteiger partial charge in [0.15, 0.2) is 0 Å². The largest absolute Gasteiger partial charge is 0.378 e. The third-order valence-corrected chi connectivity index (χ3v) is 5.31. The number of amides is 1. The van der Waals surface area contributed by atoms with Crippen LogP contribution in [0.2, 0.25) is 0 Å². The average molecular weight is 403 g/mol. The summed E-state index contributed by atoms with van der Waals surface area (Å²) in [7, 11) is 1.86. The van der Waals surface area contributed by atoms with Crippen LogP contribution in [-0.4, -0.2) is 57.0 Å². The van der Waals surface area contributed by atoms with E-state index in [0.29, 0.717) is 54.4 Å². The number of fused-ring (bicyclic) bond motifs is 1. The zero-order valence-corrected chi connectivity index (χ0v) is 16.8. The smallest absolute Gasteiger partial charge is 0.259 e. The van der Waals surface area contributed by atoms with E-state index in [2.05, 4.69) is 15.2 Å². The second-order valence-electron chi connectivity index (χ2n) is 7.34. The Bertz CT molecular complexity index is 1220. The highest BCUT2D eigenvalue weighted by Gasteiger charge is 2.26. The number of aromatic nitrogens is 4. The first-order chi connectivity index (χ1) is 14.6. The van der Waals surface area contributed by atoms with Crippen molar-refractivity contribution in [2.24, 2.45) is 7.05 Å². The van der Waals surface area contributed by atoms with E-state index in [-0.39, 0.29) is 5.91 Å². The highest BCUT2D eigenvalue weighted by molar-refractivity contribution is 6.10. The maximum atomic E-state index is 13.5. The zero-order valence-electron chi connectivity index (χ0n) is 16.8. The van der Waals surface area contributed by atoms with Gasteiger partial charge in [-0.05, 0) is 13.0 Å². The Hall–Kier alpha value is -3.52. The minimum atomic E-state index is -0.0751. The molecule has 0 unspecified atom stereocenters. The molecule has 0 radical (unpaired) electrons. The van der Waals surface area contributed by atoms with Gasteiger partial charge < -0.3 is 14.2 Å². The summed E-state index contributed by atoms with van der Waals surface area (Å²) in [5.41, 5.74) is 4.68. The molecular weight excluding hydrogens is 382 g/mol. The normalized spacial score (nSPS) is 14.4. The number of hydrogen-bond donors (Lipinski definition) is 0. The van der Waals surface area contributed by atoms with Crippen LogP contribution < -0.4 is 0 Å². The number of nitrogens with zero attached hydrogens (tertiary/aromatic N) is 5. The first kappa shape index (κ1) is 18.5. The summed E-state index contributed by atoms with van der Waals surface area (Å²) in [4.78, 5) is 20.0. The lowest BCUT2D eigenvalue weighted by Gasteiger charge is -2.27. The number of pyridine rings is 1. The lowest BCUT2D eigenvalue weighted by atomic mass is 10.0. The number of aryl methyl sites for hydroxylation is 2. The third kappa shape index (κ3) is 3.15. The van der Waals surface area contributed by atoms with E-state index in [1.807, 2.05) is 56.6 Å². The summed E-state index contributed by atoms with van der Waals surface area (Å²) in [5, 5.41) is 9.29. The van der Waals surface area contributed by atoms with Gasteiger partial charge in [0.05, 0.1) is 35.6 Å². The molecule has 1 aliphatic heterocycles. The molecule has 1 fully saturated rings. The van der Waals surface area contributed by atoms with Crippen LogP contribution in [0.25, 0.3) is 33.6 Å². The number of carbonyl (C=O) groups is 1. The third-order valence-electron chi connectivity index (χ3n) is 5.31. The van der Waals surface area contributed by atoms with Crippen molar-refractivity contribution in [2.75, 3.05) is 26.3 Å². The second-order valence-corrected chi connectivity index (χ2v) is 7.34. The molecule has 8 heteroatoms. The number of ether oxygens (including phenoxy) is 1. The standard InChI is InChI=1S/C22H21N5O3/c1-14-17(13-26(2)24-14)18-12-16(22(28)27-8-10-29-11-9-27)19-20(25-30-21(19)23-18)15-6-4-3-5-7-15/h3-7,12-13H,8-11H2,1-2H3. The summed E-state index contributed by atoms with van der Waals surface area (Å²) in [5.74, 6) is -0.0751. The summed E-state index contributed by atoms with van der Waals surface area (Å²) in [6.45, 7) is 4.08. The molecule has 0 spiro atoms. The molecule has 3 aromatic heterocycles. The molecule has 5 rings (SSSR count). The Kier molecular flexibility index (Phi) is 4.55. The SMILES string of the molecule is Cc1nn(C)cc1-c1cc(C(=O)N2CCOCC2)c2c(-c3ccccc3)noc2n1. The van der Waals surface area contributed by atoms with E-state index in [1.165, 1.54) is 0 Å². The van der Waals surface area contributed by atoms with E-state index in [4.69, 9.17) is 9.26 Å². The average Bonchev–Trinajstić information content (AvgIpc) is 3.36. The minimum absolute atomic E-state index is 0.0751. The molecule has 1 aromatic carbocycles. The van der Waals surface area contributed by atoms with Crippen LogP contribution in [-0.2, 0) is 11.8 Å². The maximum Gasteiger partial charge on any atom is 0.259 e. The van der Waals surface area contributed by atoms with E-state index < -0.39 is 0 Å². The lowest BCUT2D eigenvalue weighted by molar-refractivity contribution is 0.0304. The van der Waals surface area contributed by atoms with Crippen LogP contribution in [0, 0.1) is 6.92 Å². The van der Waals surface area contributed by atoms with Crippen molar-refractivity contribution >= 4 is 17.0 Å². The summed E-state index contributed by atoms with van der Waals surface area (Å²) in [6, 6.07) is 11.5. The van der Waals surface area contributed by atoms with Gasteiger partial charge in [-0.1, -0.05) is 35.5 Å². The van der Waals surface area contributed by atoms with Crippen LogP contribution in [0.1, 0.15) is 16.1 Å². The van der Waals surface area contributed by atoms with E-state index in [0.717, 1.165) is 16.8 Å². The Morgan fingerprint density at radius 2 is 1.90 bits per heavy atom. The molecule has 0 N–H and O–H groups in total. The Balaban J connectivity index is 1.73. The first-order valence-electron chi connectivity index (χ1n) is 9.85. The molecule has 30 heavy (non-hydrogen) atoms. The van der Waals surface area contributed by atoms with Gasteiger partial charge >= 0.3 is 0 Å². The van der Waals surface area contributed by atoms with E-state index >= 15 is 0 Å². The van der Waals surface area contributed by atoms with Crippen molar-refractivity contribution < 1.29 is 14.1 Å². The number of rotatable bonds is 3. The number of carbonyl (C=O) groups excluding carboxylic acids is 1. The number of benzene rings is 1. The van der Waals surface area contributed by atoms with Crippen LogP contribution in [0.15, 0.2) is 47.1 Å². The van der Waals surface area contributed by atoms with Crippen LogP contribution in [0.4, 0.5) is 0 Å². The second kappa shape index (κ2) is 7.38. The van der Waals surface area contributed by atoms with Gasteiger partial charge in [-0.2, -0.15) is 5.10 Å². The Labute approximate surface area is 173 Å². The topological polar surface area (TPSA) is 86.3 Å². The maximum absolute atomic E-state index is 13.5. The highest BCUT2D eigenvalue weighted by Crippen LogP contribution is 2.34. The van der Waals surface area contributed by atoms with Gasteiger partial charge in [-0.15, -0.1) is 0 Å². The molecule has 1 amide bonds. The predicted molar refractivity (Wildman–Crippen MR) is 111 cm³/mol. The van der Waals surface area contributed by atoms with Crippen molar-refractivity contribution in [1.82, 2.24) is 24.8 Å². The summed E-state index contributed by atoms with van der Waals surface area (Å²) in [6.07, 6.45) is 1.89. The summed E-state index contributed by atoms with van der Waals surface area (Å²) >= 11 is 0. The quantitative estimate of drug-likeness (QED) is 0.523. The number of hydrogen-bond acceptors (Lipinski definition) is 6. The molecule has 1 aliphatic rings. The molecule has 0 bridgehead atoms. The fourth-order valence-corrected chi connectivity index (χ4v) is 3.84. The monoisotopic (exact) mass is 403 g/mol. The molecule has 8 nitrogen and oxygen atoms in total. The minimum Gasteiger partial charge on any atom is -0.378 e. The Morgan fingerprint density at radius 3 is 2.60 bits per heavy atom. The first-order valence-corrected chi connectivity index (χ1v) is 9.85. The van der Waals surface area contributed by atoms with Gasteiger partial charge in [-0.3, -0.25) is 9.48 Å². The molecular formula is C22H21N5O3. The van der Waals surface area contributed by atoms with Gasteiger partial charge in [0, 0.05) is 37.5 Å². The molecule has 0 saturated carbocycles. The van der Waals surface area contributed by atoms with Crippen molar-refractivity contribution in [1.29, 1.82) is 0 Å². The fourth-order valence-electron chi connectivity index (χ4n) is 3.84. The highest BCUT2D eigenvalue weighted by atomic mass is 16.5. The van der Waals surface area contributed by atoms with Crippen LogP contribution in [0.5, 0.6) is 0 Å². The summed E-state index contributed by atoms with van der Waals surface area (Å²) < 4.78 is 12.8. The van der Waals surface area contributed by atoms with Crippen molar-refractivity contribution in [2.45, 2.75) is 6.92 Å². The van der Waals surface area contributed by atoms with Gasteiger partial charge in [0.2, 0.25) is 0 Å². The zero-order chi connectivity index (χ0) is 20.7. The molecule has 0 atom stereocenters. The van der Waals surface area contributed by atoms with Gasteiger partial charge in [0.25, 0.3) is 11.6 Å². The van der Waals surface area contributed by atoms with Crippen LogP contribution >= 0.6 is 0 Å². The van der Waals surface area contributed by atoms with Crippen molar-refractivity contribution in [3.63, 3.8) is 0 Å². The number of morpholine rings is 1. The molecule has 1 saturated heterocycles. The Morgan fingerprint density at radius 1 is 1.13 bits per heavy atom. The molecule has 152 valence electrons. The van der Waals surface area contributed by atoms with E-state index in [9.17, 15) is 4.79 Å². The lowest BCUT2D eigenvalue weighted by Crippen LogP contribution is -2.40. The van der Waals surface area contributed by atoms with Crippen molar-refractivity contribution in [3.8, 4) is 22.5 Å². The van der Waals surface area contributed by atoms with Crippen molar-refractivity contribution in [3.05, 3.63) is 53.9 Å². The fraction of sp³-hybridized carbons (Fsp3) is 0.273. The predicted octanol–water partition coefficient (Wildman–Crippen LogP) is 3.07. The molecule has 4 aromatic rings. The van der Waals surface area contributed by atoms with Gasteiger partial charge in [-0.25, -0.2) is 4.98 Å². The molecule has 0 aliphatic carbocycles. The van der Waals surface area contributed by atoms with Crippen LogP contribution in [0.3, 0.4) is 0 Å². The van der Waals surface area contributed by atoms with Gasteiger partial charge in [0.1, 0.15) is 5.69 Å². The van der Waals surface area contributed by atoms with E-state index in [1.54, 1.807) is 9.58 Å².